The highest BCUT2D eigenvalue weighted by molar-refractivity contribution is 6.31. The Kier molecular flexibility index (Phi) is 4.61. The molecule has 0 fully saturated rings. The number of nitrogens with one attached hydrogen (secondary N) is 2. The Morgan fingerprint density at radius 1 is 1.38 bits per heavy atom. The van der Waals surface area contributed by atoms with E-state index in [0.717, 1.165) is 28.8 Å². The van der Waals surface area contributed by atoms with Gasteiger partial charge in [-0.15, -0.1) is 0 Å². The third-order valence-corrected chi connectivity index (χ3v) is 4.06. The van der Waals surface area contributed by atoms with E-state index in [0.29, 0.717) is 11.6 Å². The van der Waals surface area contributed by atoms with Crippen LogP contribution in [0.3, 0.4) is 0 Å². The van der Waals surface area contributed by atoms with Gasteiger partial charge in [-0.05, 0) is 35.6 Å². The van der Waals surface area contributed by atoms with Crippen LogP contribution in [-0.2, 0) is 0 Å². The first-order valence-electron chi connectivity index (χ1n) is 7.52. The number of aromatic amines is 1. The van der Waals surface area contributed by atoms with Gasteiger partial charge in [0, 0.05) is 22.9 Å². The summed E-state index contributed by atoms with van der Waals surface area (Å²) < 4.78 is 0. The fourth-order valence-corrected chi connectivity index (χ4v) is 2.59. The second-order valence-electron chi connectivity index (χ2n) is 5.57. The van der Waals surface area contributed by atoms with Crippen molar-refractivity contribution < 1.29 is 4.92 Å². The van der Waals surface area contributed by atoms with Crippen molar-refractivity contribution in [1.82, 2.24) is 15.0 Å². The number of halogens is 1. The third kappa shape index (κ3) is 3.62. The predicted molar refractivity (Wildman–Crippen MR) is 93.5 cm³/mol. The second kappa shape index (κ2) is 6.84. The average molecular weight is 346 g/mol. The van der Waals surface area contributed by atoms with Crippen molar-refractivity contribution in [1.29, 1.82) is 0 Å². The fraction of sp³-hybridized carbons (Fsp3) is 0.250. The Bertz CT molecular complexity index is 880. The minimum atomic E-state index is -0.529. The molecule has 2 N–H and O–H groups in total. The Morgan fingerprint density at radius 2 is 2.17 bits per heavy atom. The molecule has 1 atom stereocenters. The summed E-state index contributed by atoms with van der Waals surface area (Å²) in [5.41, 5.74) is 1.59. The maximum atomic E-state index is 10.6. The molecule has 0 aliphatic heterocycles. The molecule has 2 heterocycles. The fourth-order valence-electron chi connectivity index (χ4n) is 2.43. The minimum Gasteiger partial charge on any atom is -0.390 e. The quantitative estimate of drug-likeness (QED) is 0.517. The lowest BCUT2D eigenvalue weighted by molar-refractivity contribution is -0.393. The van der Waals surface area contributed by atoms with Crippen LogP contribution in [0.2, 0.25) is 5.02 Å². The molecule has 0 aliphatic rings. The summed E-state index contributed by atoms with van der Waals surface area (Å²) in [5, 5.41) is 15.6. The number of H-pyrrole nitrogens is 1. The lowest BCUT2D eigenvalue weighted by atomic mass is 10.1. The molecule has 0 aliphatic carbocycles. The molecule has 1 aromatic carbocycles. The number of pyridine rings is 1. The van der Waals surface area contributed by atoms with Gasteiger partial charge in [0.1, 0.15) is 17.7 Å². The number of hydrogen-bond donors (Lipinski definition) is 2. The van der Waals surface area contributed by atoms with Crippen molar-refractivity contribution in [3.05, 3.63) is 57.4 Å². The maximum Gasteiger partial charge on any atom is 0.432 e. The van der Waals surface area contributed by atoms with Crippen LogP contribution in [0.1, 0.15) is 25.0 Å². The second-order valence-corrected chi connectivity index (χ2v) is 6.01. The van der Waals surface area contributed by atoms with Gasteiger partial charge in [-0.2, -0.15) is 0 Å². The predicted octanol–water partition coefficient (Wildman–Crippen LogP) is 4.13. The van der Waals surface area contributed by atoms with E-state index in [1.807, 2.05) is 37.3 Å². The van der Waals surface area contributed by atoms with E-state index in [4.69, 9.17) is 11.6 Å². The van der Waals surface area contributed by atoms with Crippen LogP contribution >= 0.6 is 11.6 Å². The van der Waals surface area contributed by atoms with Gasteiger partial charge in [-0.1, -0.05) is 29.6 Å². The highest BCUT2D eigenvalue weighted by atomic mass is 35.5. The van der Waals surface area contributed by atoms with Crippen LogP contribution in [0.4, 0.5) is 11.8 Å². The number of anilines is 1. The van der Waals surface area contributed by atoms with Gasteiger partial charge in [0.15, 0.2) is 0 Å². The van der Waals surface area contributed by atoms with Crippen LogP contribution in [0.25, 0.3) is 10.9 Å². The number of nitrogens with zero attached hydrogens (tertiary/aromatic N) is 3. The molecule has 0 saturated heterocycles. The first-order chi connectivity index (χ1) is 11.5. The number of benzene rings is 1. The minimum absolute atomic E-state index is 0.119. The van der Waals surface area contributed by atoms with E-state index in [2.05, 4.69) is 20.3 Å². The topological polar surface area (TPSA) is 96.7 Å². The standard InChI is InChI=1S/C16H16ClN5O2/c1-10(14-9-19-16(21-14)22(23)24)6-7-18-15-5-3-11-2-4-12(17)8-13(11)20-15/h2-5,8-10H,6-7H2,1H3,(H,18,20)(H,19,21). The molecule has 0 radical (unpaired) electrons. The summed E-state index contributed by atoms with van der Waals surface area (Å²) in [6.07, 6.45) is 2.30. The van der Waals surface area contributed by atoms with Crippen LogP contribution < -0.4 is 5.32 Å². The molecule has 3 rings (SSSR count). The van der Waals surface area contributed by atoms with Crippen molar-refractivity contribution in [2.24, 2.45) is 0 Å². The van der Waals surface area contributed by atoms with Crippen LogP contribution in [-0.4, -0.2) is 26.4 Å². The molecule has 0 saturated carbocycles. The molecular formula is C16H16ClN5O2. The van der Waals surface area contributed by atoms with Gasteiger partial charge < -0.3 is 15.4 Å². The van der Waals surface area contributed by atoms with E-state index >= 15 is 0 Å². The first kappa shape index (κ1) is 16.2. The normalized spacial score (nSPS) is 12.2. The average Bonchev–Trinajstić information content (AvgIpc) is 3.04. The van der Waals surface area contributed by atoms with E-state index in [1.54, 1.807) is 0 Å². The maximum absolute atomic E-state index is 10.6. The highest BCUT2D eigenvalue weighted by Crippen LogP contribution is 2.21. The number of imidazole rings is 1. The van der Waals surface area contributed by atoms with E-state index in [1.165, 1.54) is 6.20 Å². The van der Waals surface area contributed by atoms with Gasteiger partial charge in [0.05, 0.1) is 5.52 Å². The molecule has 0 amide bonds. The lowest BCUT2D eigenvalue weighted by Crippen LogP contribution is -2.07. The lowest BCUT2D eigenvalue weighted by Gasteiger charge is -2.10. The molecule has 0 bridgehead atoms. The summed E-state index contributed by atoms with van der Waals surface area (Å²) in [6, 6.07) is 9.50. The summed E-state index contributed by atoms with van der Waals surface area (Å²) >= 11 is 5.99. The molecule has 124 valence electrons. The molecule has 2 aromatic heterocycles. The summed E-state index contributed by atoms with van der Waals surface area (Å²) in [5.74, 6) is 0.666. The first-order valence-corrected chi connectivity index (χ1v) is 7.90. The summed E-state index contributed by atoms with van der Waals surface area (Å²) in [6.45, 7) is 2.68. The Morgan fingerprint density at radius 3 is 2.92 bits per heavy atom. The van der Waals surface area contributed by atoms with Crippen molar-refractivity contribution in [2.75, 3.05) is 11.9 Å². The Balaban J connectivity index is 1.60. The van der Waals surface area contributed by atoms with Crippen LogP contribution in [0, 0.1) is 10.1 Å². The van der Waals surface area contributed by atoms with Crippen LogP contribution in [0.5, 0.6) is 0 Å². The molecule has 7 nitrogen and oxygen atoms in total. The number of hydrogen-bond acceptors (Lipinski definition) is 5. The van der Waals surface area contributed by atoms with E-state index in [-0.39, 0.29) is 11.9 Å². The van der Waals surface area contributed by atoms with E-state index < -0.39 is 4.92 Å². The molecular weight excluding hydrogens is 330 g/mol. The number of rotatable bonds is 6. The van der Waals surface area contributed by atoms with Crippen molar-refractivity contribution in [2.45, 2.75) is 19.3 Å². The third-order valence-electron chi connectivity index (χ3n) is 3.82. The van der Waals surface area contributed by atoms with Crippen LogP contribution in [0.15, 0.2) is 36.5 Å². The summed E-state index contributed by atoms with van der Waals surface area (Å²) in [7, 11) is 0. The Labute approximate surface area is 143 Å². The van der Waals surface area contributed by atoms with Crippen molar-refractivity contribution >= 4 is 34.3 Å². The largest absolute Gasteiger partial charge is 0.432 e. The van der Waals surface area contributed by atoms with Gasteiger partial charge >= 0.3 is 5.95 Å². The van der Waals surface area contributed by atoms with E-state index in [9.17, 15) is 10.1 Å². The monoisotopic (exact) mass is 345 g/mol. The Hall–Kier alpha value is -2.67. The smallest absolute Gasteiger partial charge is 0.390 e. The molecule has 8 heteroatoms. The molecule has 3 aromatic rings. The molecule has 0 spiro atoms. The summed E-state index contributed by atoms with van der Waals surface area (Å²) in [4.78, 5) is 21.1. The zero-order valence-electron chi connectivity index (χ0n) is 13.0. The van der Waals surface area contributed by atoms with Gasteiger partial charge in [0.2, 0.25) is 0 Å². The molecule has 1 unspecified atom stereocenters. The highest BCUT2D eigenvalue weighted by Gasteiger charge is 2.16. The number of fused-ring (bicyclic) bond motifs is 1. The van der Waals surface area contributed by atoms with Crippen molar-refractivity contribution in [3.8, 4) is 0 Å². The van der Waals surface area contributed by atoms with Gasteiger partial charge in [-0.3, -0.25) is 0 Å². The van der Waals surface area contributed by atoms with Gasteiger partial charge in [0.25, 0.3) is 0 Å². The number of aromatic nitrogens is 3. The zero-order valence-corrected chi connectivity index (χ0v) is 13.7. The van der Waals surface area contributed by atoms with Gasteiger partial charge in [-0.25, -0.2) is 9.97 Å². The van der Waals surface area contributed by atoms with Crippen molar-refractivity contribution in [3.63, 3.8) is 0 Å². The number of nitro groups is 1. The molecule has 24 heavy (non-hydrogen) atoms. The zero-order chi connectivity index (χ0) is 17.1. The SMILES string of the molecule is CC(CCNc1ccc2ccc(Cl)cc2n1)c1cnc([N+](=O)[O-])[nH]1.